The van der Waals surface area contributed by atoms with Crippen molar-refractivity contribution < 1.29 is 44.1 Å². The maximum absolute atomic E-state index is 11.8. The van der Waals surface area contributed by atoms with Crippen molar-refractivity contribution in [1.29, 1.82) is 0 Å². The third-order valence-electron chi connectivity index (χ3n) is 3.01. The fourth-order valence-electron chi connectivity index (χ4n) is 1.69. The number of amides is 4. The molecule has 0 fully saturated rings. The number of aliphatic hydroxyl groups excluding tert-OH is 1. The van der Waals surface area contributed by atoms with Gasteiger partial charge in [-0.2, -0.15) is 0 Å². The predicted molar refractivity (Wildman–Crippen MR) is 85.6 cm³/mol. The van der Waals surface area contributed by atoms with E-state index in [9.17, 15) is 28.8 Å². The molecule has 0 aliphatic heterocycles. The third-order valence-corrected chi connectivity index (χ3v) is 3.01. The van der Waals surface area contributed by atoms with Crippen LogP contribution in [0.25, 0.3) is 0 Å². The molecule has 10 N–H and O–H groups in total. The number of hydrogen-bond acceptors (Lipinski definition) is 8. The van der Waals surface area contributed by atoms with Crippen LogP contribution in [0, 0.1) is 0 Å². The molecule has 152 valence electrons. The van der Waals surface area contributed by atoms with Gasteiger partial charge in [-0.15, -0.1) is 0 Å². The van der Waals surface area contributed by atoms with E-state index in [0.29, 0.717) is 0 Å². The second-order valence-electron chi connectivity index (χ2n) is 5.29. The third kappa shape index (κ3) is 9.71. The quantitative estimate of drug-likeness (QED) is 0.157. The molecule has 0 aliphatic rings. The van der Waals surface area contributed by atoms with Crippen molar-refractivity contribution in [2.45, 2.75) is 31.0 Å². The molecule has 0 rings (SSSR count). The predicted octanol–water partition coefficient (Wildman–Crippen LogP) is -5.17. The normalized spacial score (nSPS) is 13.6. The van der Waals surface area contributed by atoms with Gasteiger partial charge < -0.3 is 42.7 Å². The Labute approximate surface area is 152 Å². The molecule has 0 saturated carbocycles. The molecule has 3 atom stereocenters. The summed E-state index contributed by atoms with van der Waals surface area (Å²) in [7, 11) is 0. The highest BCUT2D eigenvalue weighted by molar-refractivity contribution is 5.94. The summed E-state index contributed by atoms with van der Waals surface area (Å²) in [4.78, 5) is 67.2. The summed E-state index contributed by atoms with van der Waals surface area (Å²) in [5.74, 6) is -6.81. The van der Waals surface area contributed by atoms with E-state index in [4.69, 9.17) is 26.8 Å². The number of carboxylic acids is 2. The Morgan fingerprint density at radius 2 is 1.48 bits per heavy atom. The highest BCUT2D eigenvalue weighted by atomic mass is 16.4. The zero-order valence-corrected chi connectivity index (χ0v) is 14.0. The number of aliphatic hydroxyl groups is 1. The zero-order chi connectivity index (χ0) is 21.1. The van der Waals surface area contributed by atoms with Gasteiger partial charge in [0.2, 0.25) is 23.6 Å². The molecule has 0 saturated heterocycles. The van der Waals surface area contributed by atoms with Crippen molar-refractivity contribution in [3.05, 3.63) is 0 Å². The van der Waals surface area contributed by atoms with Crippen LogP contribution in [0.15, 0.2) is 0 Å². The second kappa shape index (κ2) is 11.4. The van der Waals surface area contributed by atoms with E-state index in [1.165, 1.54) is 0 Å². The van der Waals surface area contributed by atoms with Crippen molar-refractivity contribution in [3.63, 3.8) is 0 Å². The molecule has 14 nitrogen and oxygen atoms in total. The van der Waals surface area contributed by atoms with Crippen molar-refractivity contribution in [2.75, 3.05) is 13.2 Å². The number of hydrogen-bond donors (Lipinski definition) is 8. The minimum Gasteiger partial charge on any atom is -0.481 e. The van der Waals surface area contributed by atoms with Crippen LogP contribution in [0.1, 0.15) is 12.8 Å². The first-order chi connectivity index (χ1) is 12.5. The number of aliphatic carboxylic acids is 2. The minimum atomic E-state index is -1.59. The van der Waals surface area contributed by atoms with E-state index >= 15 is 0 Å². The lowest BCUT2D eigenvalue weighted by molar-refractivity contribution is -0.143. The first-order valence-electron chi connectivity index (χ1n) is 7.44. The van der Waals surface area contributed by atoms with E-state index in [1.807, 2.05) is 16.0 Å². The first-order valence-corrected chi connectivity index (χ1v) is 7.44. The standard InChI is InChI=1S/C13H21N5O9/c14-5(1-10(22)23)11(24)18-7(4-19)12(25)16-3-9(21)17-6(13(26)27)2-8(15)20/h5-7,19H,1-4,14H2,(H2,15,20)(H,16,25)(H,17,21)(H,18,24)(H,22,23)(H,26,27). The van der Waals surface area contributed by atoms with Gasteiger partial charge in [0, 0.05) is 0 Å². The van der Waals surface area contributed by atoms with Gasteiger partial charge in [0.25, 0.3) is 0 Å². The number of primary amides is 1. The highest BCUT2D eigenvalue weighted by Crippen LogP contribution is 1.93. The van der Waals surface area contributed by atoms with Gasteiger partial charge in [-0.3, -0.25) is 24.0 Å². The number of carbonyl (C=O) groups is 6. The molecule has 27 heavy (non-hydrogen) atoms. The first kappa shape index (κ1) is 23.7. The Morgan fingerprint density at radius 1 is 0.889 bits per heavy atom. The number of nitrogens with one attached hydrogen (secondary N) is 3. The lowest BCUT2D eigenvalue weighted by atomic mass is 10.2. The van der Waals surface area contributed by atoms with Crippen molar-refractivity contribution in [1.82, 2.24) is 16.0 Å². The zero-order valence-electron chi connectivity index (χ0n) is 14.0. The summed E-state index contributed by atoms with van der Waals surface area (Å²) in [6, 6.07) is -4.57. The Kier molecular flexibility index (Phi) is 10.0. The van der Waals surface area contributed by atoms with Gasteiger partial charge in [-0.05, 0) is 0 Å². The Balaban J connectivity index is 4.60. The van der Waals surface area contributed by atoms with Crippen LogP contribution in [0.3, 0.4) is 0 Å². The number of rotatable bonds is 12. The molecular weight excluding hydrogens is 370 g/mol. The van der Waals surface area contributed by atoms with Gasteiger partial charge in [0.15, 0.2) is 0 Å². The maximum atomic E-state index is 11.8. The molecule has 0 aromatic heterocycles. The molecule has 0 spiro atoms. The summed E-state index contributed by atoms with van der Waals surface area (Å²) in [6.45, 7) is -1.60. The number of carboxylic acid groups (broad SMARTS) is 2. The molecule has 0 bridgehead atoms. The summed E-state index contributed by atoms with van der Waals surface area (Å²) in [5, 5.41) is 32.5. The van der Waals surface area contributed by atoms with E-state index in [2.05, 4.69) is 0 Å². The molecule has 0 heterocycles. The van der Waals surface area contributed by atoms with Gasteiger partial charge in [-0.1, -0.05) is 0 Å². The molecule has 3 unspecified atom stereocenters. The van der Waals surface area contributed by atoms with Crippen LogP contribution < -0.4 is 27.4 Å². The molecule has 0 aliphatic carbocycles. The number of nitrogens with two attached hydrogens (primary N) is 2. The van der Waals surface area contributed by atoms with Crippen LogP contribution in [0.5, 0.6) is 0 Å². The largest absolute Gasteiger partial charge is 0.481 e. The van der Waals surface area contributed by atoms with Gasteiger partial charge in [0.1, 0.15) is 12.1 Å². The second-order valence-corrected chi connectivity index (χ2v) is 5.29. The Morgan fingerprint density at radius 3 is 1.93 bits per heavy atom. The van der Waals surface area contributed by atoms with Crippen molar-refractivity contribution >= 4 is 35.6 Å². The minimum absolute atomic E-state index is 0.661. The topological polar surface area (TPSA) is 251 Å². The number of carbonyl (C=O) groups excluding carboxylic acids is 4. The molecule has 4 amide bonds. The van der Waals surface area contributed by atoms with E-state index in [1.54, 1.807) is 0 Å². The van der Waals surface area contributed by atoms with Gasteiger partial charge in [-0.25, -0.2) is 4.79 Å². The molecule has 0 aromatic carbocycles. The van der Waals surface area contributed by atoms with Crippen LogP contribution >= 0.6 is 0 Å². The van der Waals surface area contributed by atoms with Gasteiger partial charge >= 0.3 is 11.9 Å². The molecule has 0 aromatic rings. The SMILES string of the molecule is NC(=O)CC(NC(=O)CNC(=O)C(CO)NC(=O)C(N)CC(=O)O)C(=O)O. The van der Waals surface area contributed by atoms with Crippen LogP contribution in [0.4, 0.5) is 0 Å². The van der Waals surface area contributed by atoms with E-state index in [0.717, 1.165) is 0 Å². The fourth-order valence-corrected chi connectivity index (χ4v) is 1.69. The Bertz CT molecular complexity index is 609. The summed E-state index contributed by atoms with van der Waals surface area (Å²) >= 11 is 0. The summed E-state index contributed by atoms with van der Waals surface area (Å²) < 4.78 is 0. The van der Waals surface area contributed by atoms with Crippen molar-refractivity contribution in [3.8, 4) is 0 Å². The van der Waals surface area contributed by atoms with Crippen LogP contribution in [0.2, 0.25) is 0 Å². The molecule has 0 radical (unpaired) electrons. The lowest BCUT2D eigenvalue weighted by Gasteiger charge is -2.18. The highest BCUT2D eigenvalue weighted by Gasteiger charge is 2.26. The monoisotopic (exact) mass is 391 g/mol. The smallest absolute Gasteiger partial charge is 0.326 e. The average Bonchev–Trinajstić information content (AvgIpc) is 2.55. The van der Waals surface area contributed by atoms with Crippen LogP contribution in [-0.4, -0.2) is 82.2 Å². The van der Waals surface area contributed by atoms with Crippen LogP contribution in [-0.2, 0) is 28.8 Å². The Hall–Kier alpha value is -3.26. The fraction of sp³-hybridized carbons (Fsp3) is 0.538. The van der Waals surface area contributed by atoms with Crippen molar-refractivity contribution in [2.24, 2.45) is 11.5 Å². The maximum Gasteiger partial charge on any atom is 0.326 e. The summed E-state index contributed by atoms with van der Waals surface area (Å²) in [6.07, 6.45) is -1.36. The van der Waals surface area contributed by atoms with Gasteiger partial charge in [0.05, 0.1) is 32.0 Å². The molecule has 14 heteroatoms. The average molecular weight is 391 g/mol. The van der Waals surface area contributed by atoms with E-state index < -0.39 is 79.7 Å². The lowest BCUT2D eigenvalue weighted by Crippen LogP contribution is -2.55. The van der Waals surface area contributed by atoms with E-state index in [-0.39, 0.29) is 0 Å². The molecular formula is C13H21N5O9. The summed E-state index contributed by atoms with van der Waals surface area (Å²) in [5.41, 5.74) is 10.2.